The van der Waals surface area contributed by atoms with Gasteiger partial charge in [0.2, 0.25) is 0 Å². The average molecular weight is 853 g/mol. The van der Waals surface area contributed by atoms with Crippen LogP contribution in [0.2, 0.25) is 0 Å². The van der Waals surface area contributed by atoms with Gasteiger partial charge in [0.05, 0.1) is 0 Å². The molecule has 0 atom stereocenters. The fourth-order valence-electron chi connectivity index (χ4n) is 10.4. The molecule has 8 aromatic carbocycles. The molecule has 0 heterocycles. The molecule has 8 aromatic rings. The third kappa shape index (κ3) is 10.4. The topological polar surface area (TPSA) is 0 Å². The Morgan fingerprint density at radius 3 is 1.06 bits per heavy atom. The Kier molecular flexibility index (Phi) is 13.6. The summed E-state index contributed by atoms with van der Waals surface area (Å²) in [6.45, 7) is 0. The Morgan fingerprint density at radius 2 is 0.667 bits per heavy atom. The van der Waals surface area contributed by atoms with Crippen LogP contribution in [0.25, 0.3) is 58.4 Å². The SMILES string of the molecule is C(=C/c1cccc2cccc(/C=C\c3ccc(/C=C(/c4ccccc4)c4ccc(C5CCCCC5)cc4)cc3)c12)/c1ccc(/C=C(/c2ccccc2)c2ccc(C3CCCCC3)cc2)cc1. The van der Waals surface area contributed by atoms with E-state index in [-0.39, 0.29) is 0 Å². The van der Waals surface area contributed by atoms with Gasteiger partial charge in [-0.05, 0) is 138 Å². The second-order valence-corrected chi connectivity index (χ2v) is 18.6. The lowest BCUT2D eigenvalue weighted by Gasteiger charge is -2.22. The van der Waals surface area contributed by atoms with Gasteiger partial charge in [0.15, 0.2) is 0 Å². The highest BCUT2D eigenvalue weighted by Gasteiger charge is 2.17. The molecule has 2 aliphatic carbocycles. The van der Waals surface area contributed by atoms with E-state index < -0.39 is 0 Å². The van der Waals surface area contributed by atoms with Crippen molar-refractivity contribution >= 4 is 58.4 Å². The summed E-state index contributed by atoms with van der Waals surface area (Å²) in [7, 11) is 0. The molecule has 0 aromatic heterocycles. The van der Waals surface area contributed by atoms with Crippen LogP contribution in [0, 0.1) is 0 Å². The van der Waals surface area contributed by atoms with E-state index in [1.807, 2.05) is 0 Å². The monoisotopic (exact) mass is 852 g/mol. The van der Waals surface area contributed by atoms with E-state index in [1.54, 1.807) is 0 Å². The van der Waals surface area contributed by atoms with E-state index in [2.05, 4.69) is 231 Å². The largest absolute Gasteiger partial charge is 0.0622 e. The predicted octanol–water partition coefficient (Wildman–Crippen LogP) is 18.5. The molecule has 324 valence electrons. The molecule has 2 aliphatic rings. The van der Waals surface area contributed by atoms with Gasteiger partial charge in [0, 0.05) is 0 Å². The van der Waals surface area contributed by atoms with Gasteiger partial charge in [-0.1, -0.05) is 257 Å². The average Bonchev–Trinajstić information content (AvgIpc) is 3.40. The number of rotatable bonds is 12. The molecule has 0 bridgehead atoms. The van der Waals surface area contributed by atoms with Crippen LogP contribution in [-0.2, 0) is 0 Å². The first-order valence-electron chi connectivity index (χ1n) is 24.5. The molecule has 0 N–H and O–H groups in total. The van der Waals surface area contributed by atoms with Crippen molar-refractivity contribution in [3.05, 3.63) is 261 Å². The van der Waals surface area contributed by atoms with Crippen molar-refractivity contribution in [2.24, 2.45) is 0 Å². The Morgan fingerprint density at radius 1 is 0.303 bits per heavy atom. The van der Waals surface area contributed by atoms with E-state index in [4.69, 9.17) is 0 Å². The van der Waals surface area contributed by atoms with E-state index in [0.717, 1.165) is 0 Å². The highest BCUT2D eigenvalue weighted by Crippen LogP contribution is 2.36. The third-order valence-electron chi connectivity index (χ3n) is 14.1. The maximum absolute atomic E-state index is 2.37. The highest BCUT2D eigenvalue weighted by molar-refractivity contribution is 6.00. The zero-order valence-corrected chi connectivity index (χ0v) is 38.2. The Bertz CT molecular complexity index is 2750. The molecular formula is C66H60. The molecule has 0 unspecified atom stereocenters. The van der Waals surface area contributed by atoms with Crippen molar-refractivity contribution in [3.63, 3.8) is 0 Å². The standard InChI is InChI=1S/C66H60/c1-5-15-53(16-6-1)55-39-43-59(44-40-55)64(57-19-9-3-10-20-57)47-51-31-27-49(28-32-51)35-37-62-25-13-23-61-24-14-26-63(66(61)62)38-36-50-29-33-52(34-30-50)48-65(58-21-11-4-12-22-58)60-45-41-56(42-46-60)54-17-7-2-8-18-54/h3-4,9-14,19-48,53-54H,1-2,5-8,15-18H2/b37-35-,38-36-,64-47-,65-48-. The fraction of sp³-hybridized carbons (Fsp3) is 0.182. The predicted molar refractivity (Wildman–Crippen MR) is 286 cm³/mol. The summed E-state index contributed by atoms with van der Waals surface area (Å²) in [6, 6.07) is 71.6. The molecule has 66 heavy (non-hydrogen) atoms. The van der Waals surface area contributed by atoms with Gasteiger partial charge in [0.25, 0.3) is 0 Å². The molecule has 0 saturated heterocycles. The fourth-order valence-corrected chi connectivity index (χ4v) is 10.4. The quantitative estimate of drug-likeness (QED) is 0.107. The summed E-state index contributed by atoms with van der Waals surface area (Å²) < 4.78 is 0. The Balaban J connectivity index is 0.865. The zero-order valence-electron chi connectivity index (χ0n) is 38.2. The van der Waals surface area contributed by atoms with E-state index >= 15 is 0 Å². The van der Waals surface area contributed by atoms with Crippen LogP contribution in [0.15, 0.2) is 194 Å². The van der Waals surface area contributed by atoms with Crippen LogP contribution in [0.5, 0.6) is 0 Å². The molecule has 2 saturated carbocycles. The van der Waals surface area contributed by atoms with Crippen LogP contribution in [0.4, 0.5) is 0 Å². The normalized spacial score (nSPS) is 15.5. The molecule has 0 radical (unpaired) electrons. The molecule has 0 heteroatoms. The first kappa shape index (κ1) is 42.9. The lowest BCUT2D eigenvalue weighted by molar-refractivity contribution is 0.443. The summed E-state index contributed by atoms with van der Waals surface area (Å²) in [6.07, 6.45) is 27.2. The molecule has 0 aliphatic heterocycles. The van der Waals surface area contributed by atoms with Crippen molar-refractivity contribution in [2.45, 2.75) is 76.0 Å². The smallest absolute Gasteiger partial charge is 0.00389 e. The molecule has 10 rings (SSSR count). The van der Waals surface area contributed by atoms with Crippen molar-refractivity contribution in [3.8, 4) is 0 Å². The van der Waals surface area contributed by atoms with Gasteiger partial charge in [0.1, 0.15) is 0 Å². The summed E-state index contributed by atoms with van der Waals surface area (Å²) >= 11 is 0. The van der Waals surface area contributed by atoms with Crippen LogP contribution >= 0.6 is 0 Å². The number of benzene rings is 8. The second-order valence-electron chi connectivity index (χ2n) is 18.6. The van der Waals surface area contributed by atoms with Crippen LogP contribution in [0.1, 0.15) is 143 Å². The Labute approximate surface area is 393 Å². The van der Waals surface area contributed by atoms with Crippen molar-refractivity contribution < 1.29 is 0 Å². The number of fused-ring (bicyclic) bond motifs is 1. The van der Waals surface area contributed by atoms with Gasteiger partial charge in [-0.15, -0.1) is 0 Å². The molecule has 0 nitrogen and oxygen atoms in total. The highest BCUT2D eigenvalue weighted by atomic mass is 14.2. The van der Waals surface area contributed by atoms with Crippen LogP contribution in [-0.4, -0.2) is 0 Å². The molecule has 2 fully saturated rings. The van der Waals surface area contributed by atoms with E-state index in [9.17, 15) is 0 Å². The second kappa shape index (κ2) is 20.9. The van der Waals surface area contributed by atoms with Gasteiger partial charge in [-0.25, -0.2) is 0 Å². The van der Waals surface area contributed by atoms with Crippen LogP contribution < -0.4 is 0 Å². The van der Waals surface area contributed by atoms with Crippen molar-refractivity contribution in [1.29, 1.82) is 0 Å². The lowest BCUT2D eigenvalue weighted by Crippen LogP contribution is -2.04. The van der Waals surface area contributed by atoms with Crippen molar-refractivity contribution in [2.75, 3.05) is 0 Å². The minimum atomic E-state index is 0.709. The number of hydrogen-bond acceptors (Lipinski definition) is 0. The summed E-state index contributed by atoms with van der Waals surface area (Å²) in [5, 5.41) is 2.50. The van der Waals surface area contributed by atoms with Gasteiger partial charge in [-0.3, -0.25) is 0 Å². The summed E-state index contributed by atoms with van der Waals surface area (Å²) in [5.74, 6) is 1.42. The molecule has 0 amide bonds. The molecule has 0 spiro atoms. The zero-order chi connectivity index (χ0) is 44.3. The third-order valence-corrected chi connectivity index (χ3v) is 14.1. The van der Waals surface area contributed by atoms with E-state index in [0.29, 0.717) is 11.8 Å². The Hall–Kier alpha value is -7.02. The maximum atomic E-state index is 2.37. The summed E-state index contributed by atoms with van der Waals surface area (Å²) in [5.41, 5.74) is 17.7. The molecular weight excluding hydrogens is 793 g/mol. The lowest BCUT2D eigenvalue weighted by atomic mass is 9.83. The maximum Gasteiger partial charge on any atom is -0.00389 e. The number of hydrogen-bond donors (Lipinski definition) is 0. The van der Waals surface area contributed by atoms with Gasteiger partial charge >= 0.3 is 0 Å². The van der Waals surface area contributed by atoms with Gasteiger partial charge in [-0.2, -0.15) is 0 Å². The minimum absolute atomic E-state index is 0.709. The van der Waals surface area contributed by atoms with Crippen molar-refractivity contribution in [1.82, 2.24) is 0 Å². The van der Waals surface area contributed by atoms with Crippen LogP contribution in [0.3, 0.4) is 0 Å². The van der Waals surface area contributed by atoms with Gasteiger partial charge < -0.3 is 0 Å². The minimum Gasteiger partial charge on any atom is -0.0622 e. The first-order valence-corrected chi connectivity index (χ1v) is 24.5. The van der Waals surface area contributed by atoms with E-state index in [1.165, 1.54) is 153 Å². The summed E-state index contributed by atoms with van der Waals surface area (Å²) in [4.78, 5) is 0. The first-order chi connectivity index (χ1) is 32.7.